The van der Waals surface area contributed by atoms with Crippen molar-refractivity contribution in [2.24, 2.45) is 5.92 Å². The van der Waals surface area contributed by atoms with Crippen LogP contribution in [0.15, 0.2) is 18.2 Å². The number of benzene rings is 1. The highest BCUT2D eigenvalue weighted by molar-refractivity contribution is 5.56. The summed E-state index contributed by atoms with van der Waals surface area (Å²) in [5.74, 6) is 0.698. The highest BCUT2D eigenvalue weighted by Gasteiger charge is 2.04. The van der Waals surface area contributed by atoms with E-state index in [9.17, 15) is 4.79 Å². The fraction of sp³-hybridized carbons (Fsp3) is 0.364. The van der Waals surface area contributed by atoms with E-state index in [-0.39, 0.29) is 5.92 Å². The number of methoxy groups -OCH3 is 1. The summed E-state index contributed by atoms with van der Waals surface area (Å²) in [4.78, 5) is 10.5. The van der Waals surface area contributed by atoms with Crippen LogP contribution >= 0.6 is 0 Å². The Labute approximate surface area is 83.9 Å². The number of aldehydes is 1. The van der Waals surface area contributed by atoms with Crippen LogP contribution in [0.25, 0.3) is 0 Å². The molecule has 0 saturated heterocycles. The van der Waals surface area contributed by atoms with Crippen LogP contribution in [0.5, 0.6) is 5.75 Å². The van der Waals surface area contributed by atoms with E-state index >= 15 is 0 Å². The zero-order chi connectivity index (χ0) is 10.6. The average molecular weight is 193 g/mol. The minimum Gasteiger partial charge on any atom is -0.495 e. The Bertz CT molecular complexity index is 323. The number of carbonyl (C=O) groups is 1. The van der Waals surface area contributed by atoms with Gasteiger partial charge < -0.3 is 15.3 Å². The Morgan fingerprint density at radius 2 is 2.29 bits per heavy atom. The van der Waals surface area contributed by atoms with Crippen LogP contribution in [-0.4, -0.2) is 13.4 Å². The van der Waals surface area contributed by atoms with E-state index in [4.69, 9.17) is 10.5 Å². The molecule has 3 heteroatoms. The van der Waals surface area contributed by atoms with Gasteiger partial charge in [-0.05, 0) is 24.1 Å². The summed E-state index contributed by atoms with van der Waals surface area (Å²) in [7, 11) is 1.58. The number of nitrogens with two attached hydrogens (primary N) is 1. The summed E-state index contributed by atoms with van der Waals surface area (Å²) in [5, 5.41) is 0. The van der Waals surface area contributed by atoms with E-state index < -0.39 is 0 Å². The molecule has 76 valence electrons. The van der Waals surface area contributed by atoms with Crippen molar-refractivity contribution >= 4 is 12.0 Å². The third-order valence-electron chi connectivity index (χ3n) is 2.09. The van der Waals surface area contributed by atoms with Crippen molar-refractivity contribution in [2.75, 3.05) is 12.8 Å². The van der Waals surface area contributed by atoms with Gasteiger partial charge in [0.15, 0.2) is 0 Å². The molecule has 0 radical (unpaired) electrons. The quantitative estimate of drug-likeness (QED) is 0.584. The van der Waals surface area contributed by atoms with Crippen molar-refractivity contribution in [1.82, 2.24) is 0 Å². The zero-order valence-electron chi connectivity index (χ0n) is 8.49. The molecular formula is C11H15NO2. The van der Waals surface area contributed by atoms with Gasteiger partial charge in [-0.1, -0.05) is 13.0 Å². The van der Waals surface area contributed by atoms with Crippen LogP contribution in [0.2, 0.25) is 0 Å². The van der Waals surface area contributed by atoms with E-state index in [0.29, 0.717) is 11.4 Å². The molecule has 1 atom stereocenters. The van der Waals surface area contributed by atoms with Crippen LogP contribution in [0, 0.1) is 5.92 Å². The molecule has 0 aliphatic carbocycles. The van der Waals surface area contributed by atoms with Gasteiger partial charge in [-0.25, -0.2) is 0 Å². The molecule has 1 rings (SSSR count). The lowest BCUT2D eigenvalue weighted by Gasteiger charge is -2.08. The Balaban J connectivity index is 2.84. The molecule has 0 heterocycles. The third-order valence-corrected chi connectivity index (χ3v) is 2.09. The number of rotatable bonds is 4. The predicted molar refractivity (Wildman–Crippen MR) is 56.3 cm³/mol. The van der Waals surface area contributed by atoms with Crippen molar-refractivity contribution in [3.05, 3.63) is 23.8 Å². The van der Waals surface area contributed by atoms with Gasteiger partial charge in [0.2, 0.25) is 0 Å². The fourth-order valence-electron chi connectivity index (χ4n) is 1.30. The second-order valence-corrected chi connectivity index (χ2v) is 3.39. The monoisotopic (exact) mass is 193 g/mol. The molecule has 3 nitrogen and oxygen atoms in total. The molecule has 1 unspecified atom stereocenters. The minimum absolute atomic E-state index is 0.0309. The normalized spacial score (nSPS) is 12.1. The number of hydrogen-bond acceptors (Lipinski definition) is 3. The number of nitrogen functional groups attached to an aromatic ring is 1. The maximum atomic E-state index is 10.5. The first-order valence-corrected chi connectivity index (χ1v) is 4.55. The first-order valence-electron chi connectivity index (χ1n) is 4.55. The van der Waals surface area contributed by atoms with E-state index in [1.165, 1.54) is 0 Å². The molecule has 0 aliphatic rings. The molecule has 0 amide bonds. The minimum atomic E-state index is 0.0309. The Kier molecular flexibility index (Phi) is 3.51. The number of hydrogen-bond donors (Lipinski definition) is 1. The van der Waals surface area contributed by atoms with E-state index in [1.807, 2.05) is 19.1 Å². The van der Waals surface area contributed by atoms with Crippen molar-refractivity contribution in [2.45, 2.75) is 13.3 Å². The topological polar surface area (TPSA) is 52.3 Å². The van der Waals surface area contributed by atoms with E-state index in [0.717, 1.165) is 18.3 Å². The second-order valence-electron chi connectivity index (χ2n) is 3.39. The number of anilines is 1. The predicted octanol–water partition coefficient (Wildman–Crippen LogP) is 1.65. The molecule has 14 heavy (non-hydrogen) atoms. The summed E-state index contributed by atoms with van der Waals surface area (Å²) in [5.41, 5.74) is 7.35. The highest BCUT2D eigenvalue weighted by atomic mass is 16.5. The van der Waals surface area contributed by atoms with Crippen molar-refractivity contribution in [3.8, 4) is 5.75 Å². The van der Waals surface area contributed by atoms with Crippen LogP contribution < -0.4 is 10.5 Å². The van der Waals surface area contributed by atoms with Crippen molar-refractivity contribution < 1.29 is 9.53 Å². The maximum absolute atomic E-state index is 10.5. The summed E-state index contributed by atoms with van der Waals surface area (Å²) in [6.45, 7) is 1.88. The van der Waals surface area contributed by atoms with Gasteiger partial charge in [-0.3, -0.25) is 0 Å². The summed E-state index contributed by atoms with van der Waals surface area (Å²) in [6, 6.07) is 5.58. The number of ether oxygens (including phenoxy) is 1. The standard InChI is InChI=1S/C11H15NO2/c1-8(7-13)5-9-3-4-10(12)11(6-9)14-2/h3-4,6-8H,5,12H2,1-2H3. The third kappa shape index (κ3) is 2.49. The van der Waals surface area contributed by atoms with Crippen LogP contribution in [0.3, 0.4) is 0 Å². The van der Waals surface area contributed by atoms with Gasteiger partial charge in [0.05, 0.1) is 12.8 Å². The summed E-state index contributed by atoms with van der Waals surface area (Å²) in [6.07, 6.45) is 1.67. The first-order chi connectivity index (χ1) is 6.67. The number of carbonyl (C=O) groups excluding carboxylic acids is 1. The highest BCUT2D eigenvalue weighted by Crippen LogP contribution is 2.23. The molecule has 1 aromatic rings. The van der Waals surface area contributed by atoms with E-state index in [1.54, 1.807) is 13.2 Å². The SMILES string of the molecule is COc1cc(CC(C)C=O)ccc1N. The Morgan fingerprint density at radius 1 is 1.57 bits per heavy atom. The summed E-state index contributed by atoms with van der Waals surface area (Å²) < 4.78 is 5.09. The summed E-state index contributed by atoms with van der Waals surface area (Å²) >= 11 is 0. The zero-order valence-corrected chi connectivity index (χ0v) is 8.49. The van der Waals surface area contributed by atoms with Crippen molar-refractivity contribution in [3.63, 3.8) is 0 Å². The molecule has 1 aromatic carbocycles. The van der Waals surface area contributed by atoms with Gasteiger partial charge in [-0.2, -0.15) is 0 Å². The molecule has 2 N–H and O–H groups in total. The van der Waals surface area contributed by atoms with Crippen LogP contribution in [-0.2, 0) is 11.2 Å². The Hall–Kier alpha value is -1.51. The second kappa shape index (κ2) is 4.65. The average Bonchev–Trinajstić information content (AvgIpc) is 2.20. The van der Waals surface area contributed by atoms with Crippen LogP contribution in [0.4, 0.5) is 5.69 Å². The van der Waals surface area contributed by atoms with Gasteiger partial charge in [-0.15, -0.1) is 0 Å². The van der Waals surface area contributed by atoms with Gasteiger partial charge in [0.25, 0.3) is 0 Å². The lowest BCUT2D eigenvalue weighted by Crippen LogP contribution is -2.01. The molecule has 0 aromatic heterocycles. The van der Waals surface area contributed by atoms with E-state index in [2.05, 4.69) is 0 Å². The first kappa shape index (κ1) is 10.6. The maximum Gasteiger partial charge on any atom is 0.142 e. The lowest BCUT2D eigenvalue weighted by molar-refractivity contribution is -0.110. The molecular weight excluding hydrogens is 178 g/mol. The smallest absolute Gasteiger partial charge is 0.142 e. The van der Waals surface area contributed by atoms with Crippen molar-refractivity contribution in [1.29, 1.82) is 0 Å². The molecule has 0 bridgehead atoms. The molecule has 0 aliphatic heterocycles. The molecule has 0 fully saturated rings. The van der Waals surface area contributed by atoms with Gasteiger partial charge >= 0.3 is 0 Å². The molecule has 0 saturated carbocycles. The van der Waals surface area contributed by atoms with Gasteiger partial charge in [0, 0.05) is 5.92 Å². The van der Waals surface area contributed by atoms with Gasteiger partial charge in [0.1, 0.15) is 12.0 Å². The lowest BCUT2D eigenvalue weighted by atomic mass is 10.0. The van der Waals surface area contributed by atoms with Crippen LogP contribution in [0.1, 0.15) is 12.5 Å². The largest absolute Gasteiger partial charge is 0.495 e. The Morgan fingerprint density at radius 3 is 2.86 bits per heavy atom. The molecule has 0 spiro atoms. The fourth-order valence-corrected chi connectivity index (χ4v) is 1.30.